The van der Waals surface area contributed by atoms with Gasteiger partial charge >= 0.3 is 12.1 Å². The molecule has 1 aromatic heterocycles. The number of carbonyl (C=O) groups excluding carboxylic acids is 4. The monoisotopic (exact) mass is 697 g/mol. The molecule has 0 spiro atoms. The summed E-state index contributed by atoms with van der Waals surface area (Å²) in [6.45, 7) is 7.21. The molecule has 2 N–H and O–H groups in total. The van der Waals surface area contributed by atoms with Crippen LogP contribution in [0.1, 0.15) is 72.6 Å². The van der Waals surface area contributed by atoms with Gasteiger partial charge in [0.15, 0.2) is 0 Å². The van der Waals surface area contributed by atoms with Crippen molar-refractivity contribution in [1.82, 2.24) is 25.5 Å². The molecule has 270 valence electrons. The second-order valence-corrected chi connectivity index (χ2v) is 14.5. The first-order chi connectivity index (χ1) is 24.5. The van der Waals surface area contributed by atoms with Crippen molar-refractivity contribution in [2.45, 2.75) is 102 Å². The number of fused-ring (bicyclic) bond motifs is 3. The van der Waals surface area contributed by atoms with Gasteiger partial charge in [-0.2, -0.15) is 0 Å². The van der Waals surface area contributed by atoms with Gasteiger partial charge in [-0.15, -0.1) is 0 Å². The third-order valence-corrected chi connectivity index (χ3v) is 9.43. The highest BCUT2D eigenvalue weighted by molar-refractivity contribution is 5.96. The summed E-state index contributed by atoms with van der Waals surface area (Å²) in [4.78, 5) is 66.2. The molecule has 2 aliphatic heterocycles. The Bertz CT molecular complexity index is 1790. The average Bonchev–Trinajstić information content (AvgIpc) is 3.63. The summed E-state index contributed by atoms with van der Waals surface area (Å²) in [6.07, 6.45) is 6.71. The number of hydrogen-bond acceptors (Lipinski definition) is 9. The SMILES string of the molecule is CCOC(=O)[C@@]12C[C@@H]1C=CCCCCC[C@H](NC(=O)OC(C)(C)C)C(=O)N1C[C@H](Oc3nc4ccccc4nc3-c3ccccc3)C[C@H]1C(=O)N2. The van der Waals surface area contributed by atoms with E-state index < -0.39 is 53.2 Å². The molecule has 1 saturated carbocycles. The first-order valence-electron chi connectivity index (χ1n) is 17.9. The molecule has 3 aliphatic rings. The summed E-state index contributed by atoms with van der Waals surface area (Å²) < 4.78 is 17.5. The number of para-hydroxylation sites is 2. The summed E-state index contributed by atoms with van der Waals surface area (Å²) in [5.74, 6) is -1.35. The number of ether oxygens (including phenoxy) is 3. The summed E-state index contributed by atoms with van der Waals surface area (Å²) in [5.41, 5.74) is 0.695. The Balaban J connectivity index is 1.34. The molecule has 3 heterocycles. The second kappa shape index (κ2) is 15.1. The highest BCUT2D eigenvalue weighted by atomic mass is 16.6. The number of benzene rings is 2. The second-order valence-electron chi connectivity index (χ2n) is 14.5. The molecule has 0 unspecified atom stereocenters. The van der Waals surface area contributed by atoms with Gasteiger partial charge < -0.3 is 29.7 Å². The Hall–Kier alpha value is -5.00. The summed E-state index contributed by atoms with van der Waals surface area (Å²) in [6, 6.07) is 15.1. The quantitative estimate of drug-likeness (QED) is 0.252. The van der Waals surface area contributed by atoms with Gasteiger partial charge in [0.2, 0.25) is 17.7 Å². The Morgan fingerprint density at radius 2 is 1.73 bits per heavy atom. The number of allylic oxidation sites excluding steroid dienone is 1. The highest BCUT2D eigenvalue weighted by Gasteiger charge is 2.62. The normalized spacial score (nSPS) is 25.5. The maximum absolute atomic E-state index is 14.5. The number of amides is 3. The minimum Gasteiger partial charge on any atom is -0.471 e. The van der Waals surface area contributed by atoms with Crippen molar-refractivity contribution in [3.63, 3.8) is 0 Å². The van der Waals surface area contributed by atoms with E-state index in [9.17, 15) is 19.2 Å². The van der Waals surface area contributed by atoms with Crippen molar-refractivity contribution in [2.24, 2.45) is 5.92 Å². The van der Waals surface area contributed by atoms with Crippen molar-refractivity contribution in [1.29, 1.82) is 0 Å². The number of nitrogens with zero attached hydrogens (tertiary/aromatic N) is 3. The number of alkyl carbamates (subject to hydrolysis) is 1. The largest absolute Gasteiger partial charge is 0.471 e. The fourth-order valence-corrected chi connectivity index (χ4v) is 6.85. The van der Waals surface area contributed by atoms with Gasteiger partial charge in [0.1, 0.15) is 35.0 Å². The van der Waals surface area contributed by atoms with Gasteiger partial charge in [-0.05, 0) is 65.5 Å². The van der Waals surface area contributed by atoms with E-state index >= 15 is 0 Å². The van der Waals surface area contributed by atoms with Crippen molar-refractivity contribution >= 4 is 34.9 Å². The van der Waals surface area contributed by atoms with Gasteiger partial charge in [0, 0.05) is 17.9 Å². The average molecular weight is 698 g/mol. The first kappa shape index (κ1) is 35.8. The molecule has 5 atom stereocenters. The number of hydrogen-bond donors (Lipinski definition) is 2. The van der Waals surface area contributed by atoms with Gasteiger partial charge in [-0.3, -0.25) is 9.59 Å². The predicted molar refractivity (Wildman–Crippen MR) is 191 cm³/mol. The number of nitrogens with one attached hydrogen (secondary N) is 2. The maximum atomic E-state index is 14.5. The molecule has 6 rings (SSSR count). The number of rotatable bonds is 6. The zero-order chi connectivity index (χ0) is 36.2. The van der Waals surface area contributed by atoms with Crippen molar-refractivity contribution in [3.8, 4) is 17.1 Å². The van der Waals surface area contributed by atoms with Crippen LogP contribution in [0.5, 0.6) is 5.88 Å². The van der Waals surface area contributed by atoms with Crippen LogP contribution in [0.4, 0.5) is 4.79 Å². The van der Waals surface area contributed by atoms with E-state index in [4.69, 9.17) is 24.2 Å². The van der Waals surface area contributed by atoms with Crippen LogP contribution in [-0.4, -0.2) is 81.2 Å². The van der Waals surface area contributed by atoms with Crippen molar-refractivity contribution < 1.29 is 33.4 Å². The molecule has 2 fully saturated rings. The Labute approximate surface area is 298 Å². The number of aromatic nitrogens is 2. The van der Waals surface area contributed by atoms with E-state index in [0.29, 0.717) is 36.0 Å². The van der Waals surface area contributed by atoms with Crippen molar-refractivity contribution in [3.05, 3.63) is 66.7 Å². The van der Waals surface area contributed by atoms with Gasteiger partial charge in [0.25, 0.3) is 0 Å². The molecule has 0 bridgehead atoms. The molecule has 2 aromatic carbocycles. The van der Waals surface area contributed by atoms with Crippen LogP contribution < -0.4 is 15.4 Å². The molecule has 12 heteroatoms. The maximum Gasteiger partial charge on any atom is 0.408 e. The van der Waals surface area contributed by atoms with E-state index in [-0.39, 0.29) is 31.4 Å². The zero-order valence-corrected chi connectivity index (χ0v) is 29.7. The van der Waals surface area contributed by atoms with E-state index in [1.807, 2.05) is 66.7 Å². The van der Waals surface area contributed by atoms with E-state index in [2.05, 4.69) is 10.6 Å². The summed E-state index contributed by atoms with van der Waals surface area (Å²) in [5, 5.41) is 5.78. The third-order valence-electron chi connectivity index (χ3n) is 9.43. The minimum atomic E-state index is -1.21. The number of carbonyl (C=O) groups is 4. The third kappa shape index (κ3) is 8.32. The lowest BCUT2D eigenvalue weighted by molar-refractivity contribution is -0.150. The Morgan fingerprint density at radius 1 is 1.00 bits per heavy atom. The molecule has 3 amide bonds. The lowest BCUT2D eigenvalue weighted by atomic mass is 10.0. The van der Waals surface area contributed by atoms with Crippen LogP contribution in [0.3, 0.4) is 0 Å². The predicted octanol–water partition coefficient (Wildman–Crippen LogP) is 5.50. The number of esters is 1. The van der Waals surface area contributed by atoms with Crippen molar-refractivity contribution in [2.75, 3.05) is 13.2 Å². The molecular weight excluding hydrogens is 650 g/mol. The van der Waals surface area contributed by atoms with Crippen LogP contribution in [0.25, 0.3) is 22.3 Å². The molecule has 1 aliphatic carbocycles. The molecule has 1 saturated heterocycles. The van der Waals surface area contributed by atoms with Crippen LogP contribution in [0.2, 0.25) is 0 Å². The van der Waals surface area contributed by atoms with Gasteiger partial charge in [-0.25, -0.2) is 19.6 Å². The zero-order valence-electron chi connectivity index (χ0n) is 29.7. The lowest BCUT2D eigenvalue weighted by Crippen LogP contribution is -2.56. The van der Waals surface area contributed by atoms with Gasteiger partial charge in [-0.1, -0.05) is 67.5 Å². The van der Waals surface area contributed by atoms with Crippen LogP contribution in [0, 0.1) is 5.92 Å². The summed E-state index contributed by atoms with van der Waals surface area (Å²) >= 11 is 0. The van der Waals surface area contributed by atoms with Crippen LogP contribution in [-0.2, 0) is 23.9 Å². The lowest BCUT2D eigenvalue weighted by Gasteiger charge is -2.30. The summed E-state index contributed by atoms with van der Waals surface area (Å²) in [7, 11) is 0. The molecule has 12 nitrogen and oxygen atoms in total. The molecule has 3 aromatic rings. The van der Waals surface area contributed by atoms with Crippen LogP contribution >= 0.6 is 0 Å². The van der Waals surface area contributed by atoms with Crippen LogP contribution in [0.15, 0.2) is 66.7 Å². The fraction of sp³-hybridized carbons (Fsp3) is 0.487. The highest BCUT2D eigenvalue weighted by Crippen LogP contribution is 2.46. The fourth-order valence-electron chi connectivity index (χ4n) is 6.85. The van der Waals surface area contributed by atoms with E-state index in [1.54, 1.807) is 27.7 Å². The smallest absolute Gasteiger partial charge is 0.408 e. The molecule has 51 heavy (non-hydrogen) atoms. The molecule has 0 radical (unpaired) electrons. The standard InChI is InChI=1S/C39H47N5O7/c1-5-49-36(47)39-23-26(39)18-12-7-6-8-13-21-30(42-37(48)51-38(2,3)4)35(46)44-24-27(22-31(44)33(45)43-39)50-34-32(25-16-10-9-11-17-25)40-28-19-14-15-20-29(28)41-34/h9-12,14-20,26-27,30-31H,5-8,13,21-24H2,1-4H3,(H,42,48)(H,43,45)/t26-,27+,30-,31-,39+/m0/s1. The molecular formula is C39H47N5O7. The topological polar surface area (TPSA) is 149 Å². The van der Waals surface area contributed by atoms with Gasteiger partial charge in [0.05, 0.1) is 24.2 Å². The Morgan fingerprint density at radius 3 is 2.45 bits per heavy atom. The Kier molecular flexibility index (Phi) is 10.6. The minimum absolute atomic E-state index is 0.0435. The van der Waals surface area contributed by atoms with E-state index in [1.165, 1.54) is 4.90 Å². The first-order valence-corrected chi connectivity index (χ1v) is 17.9. The van der Waals surface area contributed by atoms with E-state index in [0.717, 1.165) is 24.8 Å².